The smallest absolute Gasteiger partial charge is 0.382 e. The van der Waals surface area contributed by atoms with E-state index in [0.29, 0.717) is 35.6 Å². The van der Waals surface area contributed by atoms with E-state index in [0.717, 1.165) is 41.5 Å². The number of fused-ring (bicyclic) bond motifs is 1. The van der Waals surface area contributed by atoms with Crippen LogP contribution in [0.5, 0.6) is 0 Å². The molecule has 180 valence electrons. The van der Waals surface area contributed by atoms with Gasteiger partial charge in [-0.25, -0.2) is 9.67 Å². The number of nitrogens with zero attached hydrogens (tertiary/aromatic N) is 3. The molecule has 0 atom stereocenters. The zero-order chi connectivity index (χ0) is 24.8. The Morgan fingerprint density at radius 1 is 1.09 bits per heavy atom. The summed E-state index contributed by atoms with van der Waals surface area (Å²) in [5, 5.41) is 7.93. The number of halogens is 3. The molecule has 0 aliphatic heterocycles. The molecule has 5 rings (SSSR count). The number of aromatic nitrogens is 3. The highest BCUT2D eigenvalue weighted by atomic mass is 19.4. The zero-order valence-electron chi connectivity index (χ0n) is 19.1. The summed E-state index contributed by atoms with van der Waals surface area (Å²) in [5.41, 5.74) is 7.76. The summed E-state index contributed by atoms with van der Waals surface area (Å²) >= 11 is 0. The van der Waals surface area contributed by atoms with Crippen molar-refractivity contribution in [3.05, 3.63) is 71.9 Å². The molecule has 1 aliphatic rings. The van der Waals surface area contributed by atoms with E-state index >= 15 is 0 Å². The van der Waals surface area contributed by atoms with Gasteiger partial charge in [-0.2, -0.15) is 18.3 Å². The predicted octanol–water partition coefficient (Wildman–Crippen LogP) is 5.69. The van der Waals surface area contributed by atoms with E-state index < -0.39 is 17.2 Å². The van der Waals surface area contributed by atoms with Gasteiger partial charge in [0, 0.05) is 18.9 Å². The fourth-order valence-electron chi connectivity index (χ4n) is 5.05. The Hall–Kier alpha value is -3.88. The van der Waals surface area contributed by atoms with Crippen molar-refractivity contribution >= 4 is 28.4 Å². The maximum atomic E-state index is 13.4. The number of aryl methyl sites for hydroxylation is 1. The quantitative estimate of drug-likeness (QED) is 0.394. The van der Waals surface area contributed by atoms with Crippen LogP contribution < -0.4 is 11.1 Å². The van der Waals surface area contributed by atoms with Gasteiger partial charge in [0.1, 0.15) is 0 Å². The van der Waals surface area contributed by atoms with Crippen LogP contribution in [0.4, 0.5) is 24.7 Å². The number of rotatable bonds is 4. The maximum absolute atomic E-state index is 13.4. The third-order valence-electron chi connectivity index (χ3n) is 6.84. The molecule has 0 unspecified atom stereocenters. The number of pyridine rings is 1. The summed E-state index contributed by atoms with van der Waals surface area (Å²) in [5.74, 6) is 0.0946. The van der Waals surface area contributed by atoms with Gasteiger partial charge < -0.3 is 11.1 Å². The zero-order valence-corrected chi connectivity index (χ0v) is 19.1. The molecule has 9 heteroatoms. The Bertz CT molecular complexity index is 1400. The second-order valence-electron chi connectivity index (χ2n) is 8.97. The van der Waals surface area contributed by atoms with E-state index in [1.165, 1.54) is 6.07 Å². The summed E-state index contributed by atoms with van der Waals surface area (Å²) < 4.78 is 41.6. The number of alkyl halides is 3. The Morgan fingerprint density at radius 3 is 2.49 bits per heavy atom. The number of nitrogen functional groups attached to an aromatic ring is 1. The minimum atomic E-state index is -4.46. The largest absolute Gasteiger partial charge is 0.416 e. The van der Waals surface area contributed by atoms with Crippen LogP contribution in [0.1, 0.15) is 36.8 Å². The van der Waals surface area contributed by atoms with Gasteiger partial charge in [0.2, 0.25) is 5.91 Å². The Labute approximate surface area is 200 Å². The van der Waals surface area contributed by atoms with Gasteiger partial charge in [-0.15, -0.1) is 0 Å². The van der Waals surface area contributed by atoms with Gasteiger partial charge in [0.25, 0.3) is 0 Å². The molecule has 3 N–H and O–H groups in total. The third kappa shape index (κ3) is 4.00. The van der Waals surface area contributed by atoms with Crippen LogP contribution in [0.2, 0.25) is 0 Å². The van der Waals surface area contributed by atoms with Crippen LogP contribution in [-0.4, -0.2) is 20.7 Å². The van der Waals surface area contributed by atoms with Crippen molar-refractivity contribution in [2.24, 2.45) is 7.05 Å². The fourth-order valence-corrected chi connectivity index (χ4v) is 5.05. The normalized spacial score (nSPS) is 15.4. The first-order chi connectivity index (χ1) is 16.7. The highest BCUT2D eigenvalue weighted by Crippen LogP contribution is 2.44. The Kier molecular flexibility index (Phi) is 5.50. The maximum Gasteiger partial charge on any atom is 0.416 e. The van der Waals surface area contributed by atoms with E-state index in [2.05, 4.69) is 15.4 Å². The van der Waals surface area contributed by atoms with E-state index in [4.69, 9.17) is 5.73 Å². The first-order valence-electron chi connectivity index (χ1n) is 11.4. The molecule has 0 saturated heterocycles. The molecular weight excluding hydrogens is 455 g/mol. The lowest BCUT2D eigenvalue weighted by molar-refractivity contribution is -0.137. The summed E-state index contributed by atoms with van der Waals surface area (Å²) in [6, 6.07) is 14.3. The lowest BCUT2D eigenvalue weighted by atomic mass is 9.77. The highest BCUT2D eigenvalue weighted by molar-refractivity contribution is 6.01. The van der Waals surface area contributed by atoms with E-state index in [-0.39, 0.29) is 5.91 Å². The molecule has 0 radical (unpaired) electrons. The molecule has 1 aliphatic carbocycles. The van der Waals surface area contributed by atoms with Crippen molar-refractivity contribution in [3.63, 3.8) is 0 Å². The van der Waals surface area contributed by atoms with Crippen molar-refractivity contribution in [2.45, 2.75) is 37.3 Å². The second kappa shape index (κ2) is 8.41. The number of anilines is 2. The SMILES string of the molecule is Cn1nc(N)c2c(-c3ccc(NC(=O)C4(c5cccc(C(F)(F)F)c5)CCCC4)cc3)ccnc21. The number of hydrogen-bond donors (Lipinski definition) is 2. The van der Waals surface area contributed by atoms with Gasteiger partial charge in [-0.3, -0.25) is 4.79 Å². The number of hydrogen-bond acceptors (Lipinski definition) is 4. The topological polar surface area (TPSA) is 85.8 Å². The van der Waals surface area contributed by atoms with Crippen LogP contribution in [-0.2, 0) is 23.4 Å². The Morgan fingerprint density at radius 2 is 1.80 bits per heavy atom. The molecular formula is C26H24F3N5O. The summed E-state index contributed by atoms with van der Waals surface area (Å²) in [6.07, 6.45) is -0.188. The number of nitrogens with two attached hydrogens (primary N) is 1. The van der Waals surface area contributed by atoms with Gasteiger partial charge in [0.05, 0.1) is 16.4 Å². The summed E-state index contributed by atoms with van der Waals surface area (Å²) in [6.45, 7) is 0. The fraction of sp³-hybridized carbons (Fsp3) is 0.269. The van der Waals surface area contributed by atoms with Gasteiger partial charge in [0.15, 0.2) is 11.5 Å². The number of carbonyl (C=O) groups is 1. The standard InChI is InChI=1S/C26H24F3N5O/c1-34-23-21(22(30)33-34)20(11-14-31-23)16-7-9-19(10-8-16)32-24(35)25(12-2-3-13-25)17-5-4-6-18(15-17)26(27,28)29/h4-11,14-15H,2-3,12-13H2,1H3,(H2,30,33)(H,32,35). The molecule has 2 aromatic heterocycles. The van der Waals surface area contributed by atoms with Gasteiger partial charge in [-0.1, -0.05) is 43.2 Å². The van der Waals surface area contributed by atoms with Gasteiger partial charge in [-0.05, 0) is 53.8 Å². The van der Waals surface area contributed by atoms with Crippen molar-refractivity contribution in [1.82, 2.24) is 14.8 Å². The minimum Gasteiger partial charge on any atom is -0.382 e. The molecule has 35 heavy (non-hydrogen) atoms. The monoisotopic (exact) mass is 479 g/mol. The van der Waals surface area contributed by atoms with Crippen molar-refractivity contribution in [1.29, 1.82) is 0 Å². The second-order valence-corrected chi connectivity index (χ2v) is 8.97. The molecule has 0 spiro atoms. The van der Waals surface area contributed by atoms with Crippen LogP contribution in [0.3, 0.4) is 0 Å². The summed E-state index contributed by atoms with van der Waals surface area (Å²) in [4.78, 5) is 17.8. The molecule has 0 bridgehead atoms. The lowest BCUT2D eigenvalue weighted by Crippen LogP contribution is -2.38. The highest BCUT2D eigenvalue weighted by Gasteiger charge is 2.44. The number of amides is 1. The average Bonchev–Trinajstić information content (AvgIpc) is 3.45. The van der Waals surface area contributed by atoms with Crippen LogP contribution >= 0.6 is 0 Å². The molecule has 2 aromatic carbocycles. The Balaban J connectivity index is 1.43. The van der Waals surface area contributed by atoms with E-state index in [1.54, 1.807) is 36.1 Å². The minimum absolute atomic E-state index is 0.287. The van der Waals surface area contributed by atoms with Gasteiger partial charge >= 0.3 is 6.18 Å². The van der Waals surface area contributed by atoms with Crippen LogP contribution in [0, 0.1) is 0 Å². The van der Waals surface area contributed by atoms with Crippen molar-refractivity contribution < 1.29 is 18.0 Å². The third-order valence-corrected chi connectivity index (χ3v) is 6.84. The van der Waals surface area contributed by atoms with E-state index in [9.17, 15) is 18.0 Å². The first kappa shape index (κ1) is 22.9. The molecule has 2 heterocycles. The average molecular weight is 480 g/mol. The number of carbonyl (C=O) groups excluding carboxylic acids is 1. The molecule has 1 saturated carbocycles. The number of benzene rings is 2. The first-order valence-corrected chi connectivity index (χ1v) is 11.4. The molecule has 4 aromatic rings. The molecule has 1 amide bonds. The van der Waals surface area contributed by atoms with Crippen LogP contribution in [0.15, 0.2) is 60.8 Å². The predicted molar refractivity (Wildman–Crippen MR) is 129 cm³/mol. The van der Waals surface area contributed by atoms with Crippen molar-refractivity contribution in [3.8, 4) is 11.1 Å². The van der Waals surface area contributed by atoms with E-state index in [1.807, 2.05) is 18.2 Å². The lowest BCUT2D eigenvalue weighted by Gasteiger charge is -2.29. The summed E-state index contributed by atoms with van der Waals surface area (Å²) in [7, 11) is 1.78. The number of nitrogens with one attached hydrogen (secondary N) is 1. The molecule has 6 nitrogen and oxygen atoms in total. The van der Waals surface area contributed by atoms with Crippen LogP contribution in [0.25, 0.3) is 22.2 Å². The van der Waals surface area contributed by atoms with Crippen molar-refractivity contribution in [2.75, 3.05) is 11.1 Å². The molecule has 1 fully saturated rings.